The summed E-state index contributed by atoms with van der Waals surface area (Å²) in [4.78, 5) is 11.3. The maximum absolute atomic E-state index is 11.9. The van der Waals surface area contributed by atoms with Crippen molar-refractivity contribution in [2.75, 3.05) is 12.3 Å². The fraction of sp³-hybridized carbons (Fsp3) is 0.900. The van der Waals surface area contributed by atoms with Crippen molar-refractivity contribution in [3.8, 4) is 0 Å². The summed E-state index contributed by atoms with van der Waals surface area (Å²) in [5.74, 6) is -0.987. The summed E-state index contributed by atoms with van der Waals surface area (Å²) in [6.45, 7) is 3.69. The molecule has 1 N–H and O–H groups in total. The highest BCUT2D eigenvalue weighted by molar-refractivity contribution is 7.89. The predicted molar refractivity (Wildman–Crippen MR) is 60.7 cm³/mol. The summed E-state index contributed by atoms with van der Waals surface area (Å²) in [5, 5.41) is 9.24. The fourth-order valence-electron chi connectivity index (χ4n) is 2.17. The highest BCUT2D eigenvalue weighted by atomic mass is 32.2. The van der Waals surface area contributed by atoms with E-state index < -0.39 is 21.5 Å². The van der Waals surface area contributed by atoms with Crippen LogP contribution in [0.2, 0.25) is 0 Å². The molecule has 1 atom stereocenters. The Morgan fingerprint density at radius 3 is 2.50 bits per heavy atom. The Hall–Kier alpha value is -0.620. The molecule has 1 aliphatic rings. The first-order chi connectivity index (χ1) is 7.34. The zero-order valence-electron chi connectivity index (χ0n) is 9.77. The summed E-state index contributed by atoms with van der Waals surface area (Å²) < 4.78 is 24.9. The van der Waals surface area contributed by atoms with Gasteiger partial charge in [0.1, 0.15) is 5.54 Å². The molecule has 1 fully saturated rings. The van der Waals surface area contributed by atoms with Gasteiger partial charge in [-0.05, 0) is 26.2 Å². The van der Waals surface area contributed by atoms with Crippen LogP contribution >= 0.6 is 0 Å². The number of carboxylic acids is 1. The second kappa shape index (κ2) is 4.71. The summed E-state index contributed by atoms with van der Waals surface area (Å²) in [5.41, 5.74) is -1.28. The second-order valence-corrected chi connectivity index (χ2v) is 6.44. The van der Waals surface area contributed by atoms with Crippen LogP contribution in [0.3, 0.4) is 0 Å². The second-order valence-electron chi connectivity index (χ2n) is 4.42. The number of rotatable bonds is 4. The Morgan fingerprint density at radius 2 is 2.06 bits per heavy atom. The number of carbonyl (C=O) groups is 1. The minimum absolute atomic E-state index is 0.0690. The van der Waals surface area contributed by atoms with Gasteiger partial charge in [-0.2, -0.15) is 4.31 Å². The van der Waals surface area contributed by atoms with E-state index in [-0.39, 0.29) is 5.75 Å². The van der Waals surface area contributed by atoms with Crippen LogP contribution in [0, 0.1) is 0 Å². The van der Waals surface area contributed by atoms with Crippen molar-refractivity contribution in [3.63, 3.8) is 0 Å². The van der Waals surface area contributed by atoms with Crippen LogP contribution in [-0.4, -0.2) is 41.6 Å². The molecule has 6 heteroatoms. The lowest BCUT2D eigenvalue weighted by molar-refractivity contribution is -0.148. The number of aliphatic carboxylic acids is 1. The van der Waals surface area contributed by atoms with E-state index in [2.05, 4.69) is 0 Å². The minimum atomic E-state index is -3.40. The molecule has 1 unspecified atom stereocenters. The van der Waals surface area contributed by atoms with Gasteiger partial charge in [0, 0.05) is 6.54 Å². The summed E-state index contributed by atoms with van der Waals surface area (Å²) in [7, 11) is -3.40. The molecule has 16 heavy (non-hydrogen) atoms. The summed E-state index contributed by atoms with van der Waals surface area (Å²) >= 11 is 0. The van der Waals surface area contributed by atoms with Gasteiger partial charge >= 0.3 is 5.97 Å². The number of carboxylic acid groups (broad SMARTS) is 1. The lowest BCUT2D eigenvalue weighted by Crippen LogP contribution is -2.57. The van der Waals surface area contributed by atoms with E-state index in [1.54, 1.807) is 0 Å². The number of hydrogen-bond acceptors (Lipinski definition) is 3. The zero-order valence-corrected chi connectivity index (χ0v) is 10.6. The van der Waals surface area contributed by atoms with Crippen molar-refractivity contribution in [2.45, 2.75) is 45.1 Å². The van der Waals surface area contributed by atoms with Gasteiger partial charge in [-0.25, -0.2) is 8.42 Å². The summed E-state index contributed by atoms with van der Waals surface area (Å²) in [6, 6.07) is 0. The molecule has 5 nitrogen and oxygen atoms in total. The quantitative estimate of drug-likeness (QED) is 0.808. The molecule has 94 valence electrons. The van der Waals surface area contributed by atoms with Crippen LogP contribution in [0.4, 0.5) is 0 Å². The van der Waals surface area contributed by atoms with Crippen molar-refractivity contribution in [3.05, 3.63) is 0 Å². The molecular weight excluding hydrogens is 230 g/mol. The van der Waals surface area contributed by atoms with Crippen LogP contribution in [0.25, 0.3) is 0 Å². The maximum atomic E-state index is 11.9. The molecule has 0 saturated carbocycles. The van der Waals surface area contributed by atoms with E-state index in [4.69, 9.17) is 0 Å². The molecule has 1 aliphatic heterocycles. The van der Waals surface area contributed by atoms with Crippen LogP contribution < -0.4 is 0 Å². The van der Waals surface area contributed by atoms with Gasteiger partial charge in [0.15, 0.2) is 0 Å². The monoisotopic (exact) mass is 249 g/mol. The third-order valence-electron chi connectivity index (χ3n) is 3.10. The lowest BCUT2D eigenvalue weighted by Gasteiger charge is -2.39. The minimum Gasteiger partial charge on any atom is -0.480 e. The van der Waals surface area contributed by atoms with E-state index >= 15 is 0 Å². The van der Waals surface area contributed by atoms with Crippen LogP contribution in [0.5, 0.6) is 0 Å². The number of sulfonamides is 1. The molecule has 0 aromatic heterocycles. The first kappa shape index (κ1) is 13.4. The SMILES string of the molecule is CCCC(C)(C(=O)O)N1CCCCS1(=O)=O. The highest BCUT2D eigenvalue weighted by Gasteiger charge is 2.45. The van der Waals surface area contributed by atoms with Crippen molar-refractivity contribution < 1.29 is 18.3 Å². The lowest BCUT2D eigenvalue weighted by atomic mass is 9.96. The molecule has 1 saturated heterocycles. The van der Waals surface area contributed by atoms with E-state index in [0.717, 1.165) is 6.42 Å². The number of hydrogen-bond donors (Lipinski definition) is 1. The smallest absolute Gasteiger partial charge is 0.324 e. The van der Waals surface area contributed by atoms with Crippen molar-refractivity contribution >= 4 is 16.0 Å². The van der Waals surface area contributed by atoms with Gasteiger partial charge in [-0.15, -0.1) is 0 Å². The largest absolute Gasteiger partial charge is 0.480 e. The van der Waals surface area contributed by atoms with Gasteiger partial charge in [0.05, 0.1) is 5.75 Å². The maximum Gasteiger partial charge on any atom is 0.324 e. The summed E-state index contributed by atoms with van der Waals surface area (Å²) in [6.07, 6.45) is 2.36. The Morgan fingerprint density at radius 1 is 1.44 bits per heavy atom. The Labute approximate surface area is 96.5 Å². The third-order valence-corrected chi connectivity index (χ3v) is 5.16. The topological polar surface area (TPSA) is 74.7 Å². The van der Waals surface area contributed by atoms with Crippen molar-refractivity contribution in [1.82, 2.24) is 4.31 Å². The Balaban J connectivity index is 3.06. The van der Waals surface area contributed by atoms with Crippen LogP contribution in [0.1, 0.15) is 39.5 Å². The average molecular weight is 249 g/mol. The highest BCUT2D eigenvalue weighted by Crippen LogP contribution is 2.28. The number of nitrogens with zero attached hydrogens (tertiary/aromatic N) is 1. The molecule has 0 aliphatic carbocycles. The first-order valence-corrected chi connectivity index (χ1v) is 7.19. The zero-order chi connectivity index (χ0) is 12.4. The van der Waals surface area contributed by atoms with E-state index in [1.165, 1.54) is 11.2 Å². The molecule has 0 aromatic rings. The van der Waals surface area contributed by atoms with E-state index in [0.29, 0.717) is 25.8 Å². The predicted octanol–water partition coefficient (Wildman–Crippen LogP) is 1.06. The van der Waals surface area contributed by atoms with E-state index in [1.807, 2.05) is 6.92 Å². The molecule has 0 amide bonds. The normalized spacial score (nSPS) is 24.9. The Kier molecular flexibility index (Phi) is 3.96. The van der Waals surface area contributed by atoms with Gasteiger partial charge in [0.2, 0.25) is 10.0 Å². The molecule has 0 aromatic carbocycles. The molecule has 0 radical (unpaired) electrons. The molecule has 1 heterocycles. The molecular formula is C10H19NO4S. The van der Waals surface area contributed by atoms with Crippen LogP contribution in [-0.2, 0) is 14.8 Å². The third kappa shape index (κ3) is 2.38. The van der Waals surface area contributed by atoms with Gasteiger partial charge in [-0.3, -0.25) is 4.79 Å². The average Bonchev–Trinajstić information content (AvgIpc) is 2.16. The van der Waals surface area contributed by atoms with E-state index in [9.17, 15) is 18.3 Å². The van der Waals surface area contributed by atoms with Gasteiger partial charge in [0.25, 0.3) is 0 Å². The first-order valence-electron chi connectivity index (χ1n) is 5.58. The van der Waals surface area contributed by atoms with Crippen LogP contribution in [0.15, 0.2) is 0 Å². The fourth-order valence-corrected chi connectivity index (χ4v) is 4.15. The molecule has 0 bridgehead atoms. The van der Waals surface area contributed by atoms with Gasteiger partial charge < -0.3 is 5.11 Å². The molecule has 0 spiro atoms. The van der Waals surface area contributed by atoms with Crippen molar-refractivity contribution in [1.29, 1.82) is 0 Å². The van der Waals surface area contributed by atoms with Gasteiger partial charge in [-0.1, -0.05) is 13.3 Å². The van der Waals surface area contributed by atoms with Crippen molar-refractivity contribution in [2.24, 2.45) is 0 Å². The Bertz CT molecular complexity index is 365. The molecule has 1 rings (SSSR count). The standard InChI is InChI=1S/C10H19NO4S/c1-3-6-10(2,9(12)13)11-7-4-5-8-16(11,14)15/h3-8H2,1-2H3,(H,12,13).